The summed E-state index contributed by atoms with van der Waals surface area (Å²) in [5.74, 6) is 0.187. The number of carbonyl (C=O) groups is 1. The van der Waals surface area contributed by atoms with Crippen LogP contribution < -0.4 is 11.1 Å². The molecule has 0 spiro atoms. The summed E-state index contributed by atoms with van der Waals surface area (Å²) >= 11 is 5.82. The van der Waals surface area contributed by atoms with Gasteiger partial charge in [-0.15, -0.1) is 0 Å². The SMILES string of the molecule is Cn1nccc1NC(=O)c1cc(N)cnc1Cl. The highest BCUT2D eigenvalue weighted by atomic mass is 35.5. The fourth-order valence-corrected chi connectivity index (χ4v) is 1.49. The largest absolute Gasteiger partial charge is 0.397 e. The summed E-state index contributed by atoms with van der Waals surface area (Å²) < 4.78 is 1.53. The van der Waals surface area contributed by atoms with Gasteiger partial charge in [-0.2, -0.15) is 5.10 Å². The van der Waals surface area contributed by atoms with Crippen LogP contribution in [0.25, 0.3) is 0 Å². The van der Waals surface area contributed by atoms with Crippen molar-refractivity contribution in [1.82, 2.24) is 14.8 Å². The van der Waals surface area contributed by atoms with Crippen LogP contribution in [0, 0.1) is 0 Å². The van der Waals surface area contributed by atoms with E-state index < -0.39 is 0 Å². The number of aryl methyl sites for hydroxylation is 1. The Morgan fingerprint density at radius 3 is 3.00 bits per heavy atom. The van der Waals surface area contributed by atoms with E-state index in [9.17, 15) is 4.79 Å². The predicted molar refractivity (Wildman–Crippen MR) is 64.8 cm³/mol. The van der Waals surface area contributed by atoms with E-state index in [1.807, 2.05) is 0 Å². The summed E-state index contributed by atoms with van der Waals surface area (Å²) in [6.07, 6.45) is 2.97. The quantitative estimate of drug-likeness (QED) is 0.788. The minimum absolute atomic E-state index is 0.110. The van der Waals surface area contributed by atoms with Crippen molar-refractivity contribution in [3.63, 3.8) is 0 Å². The lowest BCUT2D eigenvalue weighted by molar-refractivity contribution is 0.102. The molecule has 0 aliphatic rings. The van der Waals surface area contributed by atoms with Crippen LogP contribution in [0.15, 0.2) is 24.5 Å². The third-order valence-electron chi connectivity index (χ3n) is 2.17. The van der Waals surface area contributed by atoms with Crippen LogP contribution in [0.2, 0.25) is 5.15 Å². The van der Waals surface area contributed by atoms with Crippen molar-refractivity contribution in [3.8, 4) is 0 Å². The molecule has 0 radical (unpaired) electrons. The zero-order valence-electron chi connectivity index (χ0n) is 9.01. The van der Waals surface area contributed by atoms with E-state index >= 15 is 0 Å². The predicted octanol–water partition coefficient (Wildman–Crippen LogP) is 1.30. The number of nitrogens with zero attached hydrogens (tertiary/aromatic N) is 3. The number of nitrogens with one attached hydrogen (secondary N) is 1. The summed E-state index contributed by atoms with van der Waals surface area (Å²) in [4.78, 5) is 15.7. The van der Waals surface area contributed by atoms with E-state index in [1.165, 1.54) is 16.9 Å². The summed E-state index contributed by atoms with van der Waals surface area (Å²) in [5, 5.41) is 6.70. The molecule has 2 heterocycles. The van der Waals surface area contributed by atoms with E-state index in [4.69, 9.17) is 17.3 Å². The minimum Gasteiger partial charge on any atom is -0.397 e. The molecule has 0 aliphatic heterocycles. The maximum atomic E-state index is 11.9. The Bertz CT molecular complexity index is 566. The van der Waals surface area contributed by atoms with Crippen LogP contribution in [-0.2, 0) is 7.05 Å². The Balaban J connectivity index is 2.26. The van der Waals surface area contributed by atoms with Gasteiger partial charge in [0.05, 0.1) is 23.6 Å². The molecule has 0 saturated heterocycles. The van der Waals surface area contributed by atoms with Gasteiger partial charge in [-0.25, -0.2) is 4.98 Å². The van der Waals surface area contributed by atoms with Gasteiger partial charge in [0.2, 0.25) is 0 Å². The van der Waals surface area contributed by atoms with Crippen molar-refractivity contribution in [3.05, 3.63) is 35.2 Å². The highest BCUT2D eigenvalue weighted by Gasteiger charge is 2.13. The third-order valence-corrected chi connectivity index (χ3v) is 2.47. The van der Waals surface area contributed by atoms with Gasteiger partial charge in [-0.1, -0.05) is 11.6 Å². The molecule has 17 heavy (non-hydrogen) atoms. The summed E-state index contributed by atoms with van der Waals surface area (Å²) in [6, 6.07) is 3.15. The first-order chi connectivity index (χ1) is 8.08. The third kappa shape index (κ3) is 2.36. The molecular formula is C10H10ClN5O. The summed E-state index contributed by atoms with van der Waals surface area (Å²) in [7, 11) is 1.72. The van der Waals surface area contributed by atoms with Gasteiger partial charge in [0.1, 0.15) is 11.0 Å². The van der Waals surface area contributed by atoms with Gasteiger partial charge in [-0.05, 0) is 6.07 Å². The second-order valence-corrected chi connectivity index (χ2v) is 3.76. The average Bonchev–Trinajstić information content (AvgIpc) is 2.68. The maximum Gasteiger partial charge on any atom is 0.260 e. The molecule has 0 fully saturated rings. The fourth-order valence-electron chi connectivity index (χ4n) is 1.30. The Hall–Kier alpha value is -2.08. The normalized spacial score (nSPS) is 10.2. The van der Waals surface area contributed by atoms with Crippen molar-refractivity contribution in [2.75, 3.05) is 11.1 Å². The summed E-state index contributed by atoms with van der Waals surface area (Å²) in [5.41, 5.74) is 6.16. The Morgan fingerprint density at radius 2 is 2.35 bits per heavy atom. The number of carbonyl (C=O) groups excluding carboxylic acids is 1. The molecule has 0 aromatic carbocycles. The highest BCUT2D eigenvalue weighted by Crippen LogP contribution is 2.17. The van der Waals surface area contributed by atoms with Gasteiger partial charge in [0.15, 0.2) is 0 Å². The van der Waals surface area contributed by atoms with Gasteiger partial charge >= 0.3 is 0 Å². The number of hydrogen-bond donors (Lipinski definition) is 2. The molecule has 1 amide bonds. The molecule has 2 aromatic rings. The van der Waals surface area contributed by atoms with E-state index in [0.717, 1.165) is 0 Å². The van der Waals surface area contributed by atoms with Crippen molar-refractivity contribution >= 4 is 29.0 Å². The topological polar surface area (TPSA) is 85.8 Å². The van der Waals surface area contributed by atoms with Crippen molar-refractivity contribution in [1.29, 1.82) is 0 Å². The van der Waals surface area contributed by atoms with E-state index in [-0.39, 0.29) is 16.6 Å². The van der Waals surface area contributed by atoms with Crippen LogP contribution in [0.4, 0.5) is 11.5 Å². The second kappa shape index (κ2) is 4.42. The van der Waals surface area contributed by atoms with Gasteiger partial charge < -0.3 is 11.1 Å². The standard InChI is InChI=1S/C10H10ClN5O/c1-16-8(2-3-14-16)15-10(17)7-4-6(12)5-13-9(7)11/h2-5H,12H2,1H3,(H,15,17). The Kier molecular flexibility index (Phi) is 2.97. The number of nitrogen functional groups attached to an aromatic ring is 1. The van der Waals surface area contributed by atoms with E-state index in [1.54, 1.807) is 19.3 Å². The van der Waals surface area contributed by atoms with Gasteiger partial charge in [-0.3, -0.25) is 9.48 Å². The Labute approximate surface area is 102 Å². The lowest BCUT2D eigenvalue weighted by Crippen LogP contribution is -2.15. The molecule has 3 N–H and O–H groups in total. The first-order valence-electron chi connectivity index (χ1n) is 4.78. The van der Waals surface area contributed by atoms with E-state index in [2.05, 4.69) is 15.4 Å². The number of nitrogens with two attached hydrogens (primary N) is 1. The average molecular weight is 252 g/mol. The number of rotatable bonds is 2. The molecule has 6 nitrogen and oxygen atoms in total. The molecule has 0 saturated carbocycles. The number of halogens is 1. The summed E-state index contributed by atoms with van der Waals surface area (Å²) in [6.45, 7) is 0. The van der Waals surface area contributed by atoms with Crippen LogP contribution in [0.3, 0.4) is 0 Å². The number of anilines is 2. The zero-order valence-corrected chi connectivity index (χ0v) is 9.77. The highest BCUT2D eigenvalue weighted by molar-refractivity contribution is 6.33. The number of hydrogen-bond acceptors (Lipinski definition) is 4. The van der Waals surface area contributed by atoms with Crippen molar-refractivity contribution < 1.29 is 4.79 Å². The van der Waals surface area contributed by atoms with Gasteiger partial charge in [0.25, 0.3) is 5.91 Å². The Morgan fingerprint density at radius 1 is 1.59 bits per heavy atom. The number of amides is 1. The second-order valence-electron chi connectivity index (χ2n) is 3.40. The smallest absolute Gasteiger partial charge is 0.260 e. The zero-order chi connectivity index (χ0) is 12.4. The molecule has 88 valence electrons. The van der Waals surface area contributed by atoms with Gasteiger partial charge in [0, 0.05) is 13.1 Å². The first-order valence-corrected chi connectivity index (χ1v) is 5.16. The van der Waals surface area contributed by atoms with Crippen molar-refractivity contribution in [2.45, 2.75) is 0 Å². The number of pyridine rings is 1. The molecule has 0 aliphatic carbocycles. The monoisotopic (exact) mass is 251 g/mol. The fraction of sp³-hybridized carbons (Fsp3) is 0.100. The molecule has 2 rings (SSSR count). The lowest BCUT2D eigenvalue weighted by Gasteiger charge is -2.06. The molecular weight excluding hydrogens is 242 g/mol. The molecule has 0 bridgehead atoms. The maximum absolute atomic E-state index is 11.9. The van der Waals surface area contributed by atoms with Crippen LogP contribution >= 0.6 is 11.6 Å². The lowest BCUT2D eigenvalue weighted by atomic mass is 10.2. The van der Waals surface area contributed by atoms with Crippen LogP contribution in [-0.4, -0.2) is 20.7 Å². The molecule has 0 atom stereocenters. The molecule has 0 unspecified atom stereocenters. The van der Waals surface area contributed by atoms with Crippen molar-refractivity contribution in [2.24, 2.45) is 7.05 Å². The minimum atomic E-state index is -0.376. The first kappa shape index (κ1) is 11.4. The van der Waals surface area contributed by atoms with E-state index in [0.29, 0.717) is 11.5 Å². The molecule has 2 aromatic heterocycles. The molecule has 7 heteroatoms. The van der Waals surface area contributed by atoms with Crippen LogP contribution in [0.1, 0.15) is 10.4 Å². The van der Waals surface area contributed by atoms with Crippen LogP contribution in [0.5, 0.6) is 0 Å². The number of aromatic nitrogens is 3.